The van der Waals surface area contributed by atoms with Crippen LogP contribution in [0.15, 0.2) is 139 Å². The fraction of sp³-hybridized carbons (Fsp3) is 0.276. The summed E-state index contributed by atoms with van der Waals surface area (Å²) >= 11 is 0. The zero-order valence-corrected chi connectivity index (χ0v) is 37.6. The first-order valence-corrected chi connectivity index (χ1v) is 19.8. The first-order valence-electron chi connectivity index (χ1n) is 32.3. The number of benzene rings is 6. The molecule has 0 unspecified atom stereocenters. The molecular formula is C58H60N3OPt-. The molecule has 0 aliphatic carbocycles. The Hall–Kier alpha value is -5.57. The van der Waals surface area contributed by atoms with E-state index in [0.717, 1.165) is 17.2 Å². The Balaban J connectivity index is 0.0000110. The minimum atomic E-state index is -3.99. The average molecular weight is 1040 g/mol. The summed E-state index contributed by atoms with van der Waals surface area (Å²) in [5, 5.41) is 12.6. The summed E-state index contributed by atoms with van der Waals surface area (Å²) in [7, 11) is 0. The number of fused-ring (bicyclic) bond motifs is 1. The van der Waals surface area contributed by atoms with E-state index in [1.165, 1.54) is 12.1 Å². The van der Waals surface area contributed by atoms with E-state index >= 15 is 0 Å². The van der Waals surface area contributed by atoms with Crippen LogP contribution in [0.2, 0.25) is 0 Å². The van der Waals surface area contributed by atoms with Gasteiger partial charge < -0.3 is 5.11 Å². The van der Waals surface area contributed by atoms with Gasteiger partial charge in [0.1, 0.15) is 11.6 Å². The van der Waals surface area contributed by atoms with Gasteiger partial charge in [-0.25, -0.2) is 4.98 Å². The van der Waals surface area contributed by atoms with Crippen LogP contribution >= 0.6 is 0 Å². The molecule has 0 atom stereocenters. The van der Waals surface area contributed by atoms with E-state index in [1.54, 1.807) is 34.9 Å². The first-order chi connectivity index (χ1) is 39.6. The van der Waals surface area contributed by atoms with Gasteiger partial charge in [-0.15, -0.1) is 29.3 Å². The maximum absolute atomic E-state index is 12.6. The van der Waals surface area contributed by atoms with Crippen molar-refractivity contribution in [3.8, 4) is 67.5 Å². The average Bonchev–Trinajstić information content (AvgIpc) is 0.746. The SMILES string of the molecule is [2H]c1nc(-c2[c-]c(-c3cccc4c3nc(-c3cccc(C(C([2H])([2H])[2H])(C([2H])([2H])[2H])C([2H])([2H])[2H])c3O)n4-c3ccc(C(C)(C)C)cc3-c3ccccc3)cc(C(C)(C)C)c2)c([2H])c(-c2c([2H])c([2H])c(C(C([2H])([2H])[2H])(C([2H])([2H])[2H])C([2H])([2H])[2H])c([2H])c2[2H])c1[2H].[Pt]. The topological polar surface area (TPSA) is 50.9 Å². The van der Waals surface area contributed by atoms with Crippen LogP contribution in [0.3, 0.4) is 0 Å². The molecule has 8 rings (SSSR count). The molecule has 2 heterocycles. The molecule has 0 bridgehead atoms. The van der Waals surface area contributed by atoms with E-state index in [-0.39, 0.29) is 49.1 Å². The summed E-state index contributed by atoms with van der Waals surface area (Å²) in [4.78, 5) is 9.49. The summed E-state index contributed by atoms with van der Waals surface area (Å²) in [6, 6.07) is 23.3. The van der Waals surface area contributed by atoms with E-state index in [0.29, 0.717) is 27.9 Å². The summed E-state index contributed by atoms with van der Waals surface area (Å²) in [5.74, 6) is -1.10. The van der Waals surface area contributed by atoms with Gasteiger partial charge in [-0.05, 0) is 85.3 Å². The van der Waals surface area contributed by atoms with Crippen molar-refractivity contribution in [2.75, 3.05) is 0 Å². The Morgan fingerprint density at radius 3 is 1.94 bits per heavy atom. The molecule has 0 spiro atoms. The third kappa shape index (κ3) is 9.11. The second kappa shape index (κ2) is 16.9. The largest absolute Gasteiger partial charge is 0.507 e. The number of hydrogen-bond acceptors (Lipinski definition) is 3. The number of rotatable bonds is 6. The molecule has 0 amide bonds. The molecule has 2 aromatic heterocycles. The molecule has 1 N–H and O–H groups in total. The molecule has 63 heavy (non-hydrogen) atoms. The van der Waals surface area contributed by atoms with E-state index in [9.17, 15) is 6.48 Å². The monoisotopic (exact) mass is 1030 g/mol. The Kier molecular flexibility index (Phi) is 6.26. The predicted molar refractivity (Wildman–Crippen MR) is 261 cm³/mol. The molecule has 8 aromatic rings. The van der Waals surface area contributed by atoms with Crippen molar-refractivity contribution in [1.29, 1.82) is 0 Å². The van der Waals surface area contributed by atoms with Gasteiger partial charge in [-0.2, -0.15) is 0 Å². The van der Waals surface area contributed by atoms with E-state index in [2.05, 4.69) is 11.1 Å². The van der Waals surface area contributed by atoms with Crippen LogP contribution in [0, 0.1) is 6.07 Å². The van der Waals surface area contributed by atoms with Crippen LogP contribution in [0.1, 0.15) is 139 Å². The molecule has 0 radical (unpaired) electrons. The molecule has 5 heteroatoms. The van der Waals surface area contributed by atoms with Gasteiger partial charge >= 0.3 is 0 Å². The summed E-state index contributed by atoms with van der Waals surface area (Å²) in [5.41, 5.74) is -9.09. The van der Waals surface area contributed by atoms with Crippen molar-refractivity contribution in [2.24, 2.45) is 0 Å². The van der Waals surface area contributed by atoms with Gasteiger partial charge in [0.15, 0.2) is 0 Å². The van der Waals surface area contributed by atoms with E-state index in [4.69, 9.17) is 37.9 Å². The molecule has 0 aliphatic rings. The number of aromatic hydroxyl groups is 1. The minimum Gasteiger partial charge on any atom is -0.507 e. The van der Waals surface area contributed by atoms with Crippen molar-refractivity contribution in [3.05, 3.63) is 168 Å². The van der Waals surface area contributed by atoms with Crippen LogP contribution < -0.4 is 0 Å². The summed E-state index contributed by atoms with van der Waals surface area (Å²) < 4.78 is 217. The number of phenols is 1. The van der Waals surface area contributed by atoms with Crippen LogP contribution in [0.5, 0.6) is 5.75 Å². The number of phenolic OH excluding ortho intramolecular Hbond substituents is 1. The van der Waals surface area contributed by atoms with Gasteiger partial charge in [0.25, 0.3) is 0 Å². The first kappa shape index (κ1) is 23.4. The Morgan fingerprint density at radius 2 is 1.25 bits per heavy atom. The second-order valence-corrected chi connectivity index (χ2v) is 17.4. The standard InChI is InChI=1S/C58H60N3O.Pt/c1-55(2,3)42-26-24-37(25-27-42)39-30-31-59-49(35-39)41-32-40(33-44(34-41)57(7,8)9)45-20-17-23-51-52(45)60-54(46-21-16-22-48(53(46)62)58(10,11)12)61(51)50-29-28-43(56(4,5)6)36-47(50)38-18-14-13-15-19-38;/h13-31,33-36,62H,1-12H3;/q-1;/i1D3,2D3,3D3,10D3,11D3,12D3,24D,25D,26D,27D,30D,31D,35D;. The van der Waals surface area contributed by atoms with Crippen molar-refractivity contribution in [1.82, 2.24) is 14.5 Å². The Bertz CT molecular complexity index is 3930. The van der Waals surface area contributed by atoms with Crippen molar-refractivity contribution >= 4 is 11.0 Å². The molecule has 6 aromatic carbocycles. The fourth-order valence-electron chi connectivity index (χ4n) is 7.28. The molecule has 4 nitrogen and oxygen atoms in total. The number of pyridine rings is 1. The molecule has 0 fully saturated rings. The quantitative estimate of drug-likeness (QED) is 0.169. The smallest absolute Gasteiger partial charge is 0.148 e. The third-order valence-electron chi connectivity index (χ3n) is 10.7. The number of hydrogen-bond donors (Lipinski definition) is 1. The number of nitrogens with zero attached hydrogens (tertiary/aromatic N) is 3. The van der Waals surface area contributed by atoms with Crippen molar-refractivity contribution in [3.63, 3.8) is 0 Å². The van der Waals surface area contributed by atoms with Gasteiger partial charge in [0, 0.05) is 63.2 Å². The van der Waals surface area contributed by atoms with Crippen LogP contribution in [0.4, 0.5) is 0 Å². The maximum atomic E-state index is 12.6. The fourth-order valence-corrected chi connectivity index (χ4v) is 7.28. The number of imidazole rings is 1. The number of aromatic nitrogens is 3. The molecule has 0 aliphatic heterocycles. The zero-order valence-electron chi connectivity index (χ0n) is 60.3. The van der Waals surface area contributed by atoms with E-state index in [1.807, 2.05) is 90.1 Å². The predicted octanol–water partition coefficient (Wildman–Crippen LogP) is 15.4. The van der Waals surface area contributed by atoms with Crippen molar-refractivity contribution < 1.29 is 60.4 Å². The normalized spacial score (nSPS) is 19.4. The Morgan fingerprint density at radius 1 is 0.587 bits per heavy atom. The van der Waals surface area contributed by atoms with Crippen LogP contribution in [-0.4, -0.2) is 19.6 Å². The molecule has 324 valence electrons. The second-order valence-electron chi connectivity index (χ2n) is 17.4. The summed E-state index contributed by atoms with van der Waals surface area (Å²) in [6.07, 6.45) is -0.853. The van der Waals surface area contributed by atoms with Gasteiger partial charge in [-0.3, -0.25) is 9.55 Å². The summed E-state index contributed by atoms with van der Waals surface area (Å²) in [6.45, 7) is -11.6. The maximum Gasteiger partial charge on any atom is 0.148 e. The molecule has 0 saturated heterocycles. The Labute approximate surface area is 424 Å². The number of para-hydroxylation sites is 2. The molecule has 0 saturated carbocycles. The van der Waals surface area contributed by atoms with Gasteiger partial charge in [0.2, 0.25) is 0 Å². The van der Waals surface area contributed by atoms with Gasteiger partial charge in [0.05, 0.1) is 31.9 Å². The van der Waals surface area contributed by atoms with E-state index < -0.39 is 139 Å². The molecular weight excluding hydrogens is 950 g/mol. The van der Waals surface area contributed by atoms with Crippen LogP contribution in [-0.2, 0) is 42.7 Å². The minimum absolute atomic E-state index is 0. The van der Waals surface area contributed by atoms with Crippen LogP contribution in [0.25, 0.3) is 72.7 Å². The van der Waals surface area contributed by atoms with Crippen molar-refractivity contribution in [2.45, 2.75) is 104 Å². The van der Waals surface area contributed by atoms with Gasteiger partial charge in [-0.1, -0.05) is 185 Å². The third-order valence-corrected chi connectivity index (χ3v) is 10.7. The zero-order chi connectivity index (χ0) is 65.4.